The zero-order chi connectivity index (χ0) is 10.5. The molecular weight excluding hydrogens is 192 g/mol. The maximum atomic E-state index is 12.0. The fraction of sp³-hybridized carbons (Fsp3) is 1.00. The second kappa shape index (κ2) is 5.39. The summed E-state index contributed by atoms with van der Waals surface area (Å²) in [6.45, 7) is 2.73. The molecule has 0 saturated carbocycles. The predicted octanol–water partition coefficient (Wildman–Crippen LogP) is 2.29. The summed E-state index contributed by atoms with van der Waals surface area (Å²) in [5, 5.41) is 0. The van der Waals surface area contributed by atoms with Crippen LogP contribution in [0.5, 0.6) is 0 Å². The van der Waals surface area contributed by atoms with E-state index in [0.29, 0.717) is 0 Å². The van der Waals surface area contributed by atoms with Gasteiger partial charge in [0.2, 0.25) is 0 Å². The Kier molecular flexibility index (Phi) is 5.24. The Morgan fingerprint density at radius 3 is 2.08 bits per heavy atom. The van der Waals surface area contributed by atoms with Crippen molar-refractivity contribution in [2.45, 2.75) is 32.5 Å². The monoisotopic (exact) mass is 204 g/mol. The first-order valence-electron chi connectivity index (χ1n) is 3.77. The Labute approximate surface area is 73.8 Å². The highest BCUT2D eigenvalue weighted by molar-refractivity contribution is 4.54. The van der Waals surface area contributed by atoms with Crippen LogP contribution in [0.2, 0.25) is 0 Å². The highest BCUT2D eigenvalue weighted by Crippen LogP contribution is 2.23. The number of alkyl halides is 4. The minimum atomic E-state index is -4.37. The van der Waals surface area contributed by atoms with Crippen LogP contribution in [-0.2, 0) is 9.47 Å². The lowest BCUT2D eigenvalue weighted by Crippen LogP contribution is -2.31. The molecule has 80 valence electrons. The van der Waals surface area contributed by atoms with Gasteiger partial charge in [-0.15, -0.1) is 0 Å². The van der Waals surface area contributed by atoms with Crippen LogP contribution in [0.15, 0.2) is 0 Å². The summed E-state index contributed by atoms with van der Waals surface area (Å²) in [6.07, 6.45) is -8.31. The fourth-order valence-corrected chi connectivity index (χ4v) is 0.525. The Bertz CT molecular complexity index is 138. The molecule has 0 aromatic carbocycles. The number of halogens is 4. The van der Waals surface area contributed by atoms with Gasteiger partial charge in [0.25, 0.3) is 0 Å². The van der Waals surface area contributed by atoms with Gasteiger partial charge >= 0.3 is 12.5 Å². The quantitative estimate of drug-likeness (QED) is 0.488. The van der Waals surface area contributed by atoms with Gasteiger partial charge in [-0.25, -0.2) is 8.78 Å². The van der Waals surface area contributed by atoms with Gasteiger partial charge in [-0.05, 0) is 13.8 Å². The molecule has 0 aliphatic rings. The van der Waals surface area contributed by atoms with Crippen molar-refractivity contribution in [2.24, 2.45) is 0 Å². The van der Waals surface area contributed by atoms with Gasteiger partial charge < -0.3 is 9.47 Å². The van der Waals surface area contributed by atoms with E-state index in [1.165, 1.54) is 0 Å². The molecule has 0 fully saturated rings. The Balaban J connectivity index is 3.52. The predicted molar refractivity (Wildman–Crippen MR) is 38.0 cm³/mol. The molecule has 0 rings (SSSR count). The minimum Gasteiger partial charge on any atom is -0.376 e. The molecule has 0 spiro atoms. The molecule has 13 heavy (non-hydrogen) atoms. The van der Waals surface area contributed by atoms with Gasteiger partial charge in [0, 0.05) is 0 Å². The third kappa shape index (κ3) is 5.81. The number of hydrogen-bond donors (Lipinski definition) is 0. The van der Waals surface area contributed by atoms with Gasteiger partial charge in [0.1, 0.15) is 0 Å². The Morgan fingerprint density at radius 2 is 1.69 bits per heavy atom. The highest BCUT2D eigenvalue weighted by Gasteiger charge is 2.42. The Morgan fingerprint density at radius 1 is 1.15 bits per heavy atom. The van der Waals surface area contributed by atoms with Crippen LogP contribution < -0.4 is 0 Å². The van der Waals surface area contributed by atoms with E-state index in [4.69, 9.17) is 4.74 Å². The van der Waals surface area contributed by atoms with Crippen molar-refractivity contribution in [3.05, 3.63) is 0 Å². The molecule has 0 heterocycles. The molecule has 0 amide bonds. The van der Waals surface area contributed by atoms with Crippen molar-refractivity contribution in [3.63, 3.8) is 0 Å². The van der Waals surface area contributed by atoms with Crippen molar-refractivity contribution >= 4 is 0 Å². The van der Waals surface area contributed by atoms with Gasteiger partial charge in [0.15, 0.2) is 0 Å². The molecule has 2 nitrogen and oxygen atoms in total. The maximum absolute atomic E-state index is 12.0. The molecule has 0 saturated heterocycles. The van der Waals surface area contributed by atoms with E-state index in [0.717, 1.165) is 0 Å². The van der Waals surface area contributed by atoms with Crippen LogP contribution in [0.25, 0.3) is 0 Å². The molecule has 0 unspecified atom stereocenters. The average molecular weight is 204 g/mol. The standard InChI is InChI=1S/C7H12F4O2/c1-5(2)12-3-4-13-7(10,11)6(8)9/h5-6H,3-4H2,1-2H3. The summed E-state index contributed by atoms with van der Waals surface area (Å²) in [5.74, 6) is 0. The lowest BCUT2D eigenvalue weighted by Gasteiger charge is -2.16. The average Bonchev–Trinajstić information content (AvgIpc) is 1.97. The summed E-state index contributed by atoms with van der Waals surface area (Å²) in [6, 6.07) is 0. The largest absolute Gasteiger partial charge is 0.416 e. The van der Waals surface area contributed by atoms with Crippen molar-refractivity contribution in [1.82, 2.24) is 0 Å². The minimum absolute atomic E-state index is 0.125. The smallest absolute Gasteiger partial charge is 0.376 e. The number of ether oxygens (including phenoxy) is 2. The van der Waals surface area contributed by atoms with Crippen LogP contribution in [0.4, 0.5) is 17.6 Å². The molecule has 0 aromatic heterocycles. The second-order valence-corrected chi connectivity index (χ2v) is 2.63. The first-order chi connectivity index (χ1) is 5.86. The summed E-state index contributed by atoms with van der Waals surface area (Å²) in [7, 11) is 0. The van der Waals surface area contributed by atoms with Gasteiger partial charge in [-0.1, -0.05) is 0 Å². The van der Waals surface area contributed by atoms with E-state index in [1.807, 2.05) is 0 Å². The van der Waals surface area contributed by atoms with Gasteiger partial charge in [-0.3, -0.25) is 0 Å². The van der Waals surface area contributed by atoms with E-state index in [-0.39, 0.29) is 12.7 Å². The zero-order valence-corrected chi connectivity index (χ0v) is 7.40. The molecule has 0 aliphatic heterocycles. The van der Waals surface area contributed by atoms with Crippen LogP contribution in [0.3, 0.4) is 0 Å². The SMILES string of the molecule is CC(C)OCCOC(F)(F)C(F)F. The Hall–Kier alpha value is -0.360. The lowest BCUT2D eigenvalue weighted by atomic mass is 10.5. The third-order valence-corrected chi connectivity index (χ3v) is 1.08. The molecule has 6 heteroatoms. The molecule has 0 N–H and O–H groups in total. The van der Waals surface area contributed by atoms with E-state index in [9.17, 15) is 17.6 Å². The first-order valence-corrected chi connectivity index (χ1v) is 3.77. The molecular formula is C7H12F4O2. The van der Waals surface area contributed by atoms with E-state index in [1.54, 1.807) is 13.8 Å². The van der Waals surface area contributed by atoms with Crippen molar-refractivity contribution in [2.75, 3.05) is 13.2 Å². The zero-order valence-electron chi connectivity index (χ0n) is 7.40. The normalized spacial score (nSPS) is 12.9. The summed E-state index contributed by atoms with van der Waals surface area (Å²) >= 11 is 0. The van der Waals surface area contributed by atoms with E-state index < -0.39 is 19.1 Å². The van der Waals surface area contributed by atoms with Crippen LogP contribution in [-0.4, -0.2) is 31.9 Å². The maximum Gasteiger partial charge on any atom is 0.416 e. The van der Waals surface area contributed by atoms with Crippen LogP contribution in [0, 0.1) is 0 Å². The summed E-state index contributed by atoms with van der Waals surface area (Å²) < 4.78 is 55.5. The number of rotatable bonds is 6. The van der Waals surface area contributed by atoms with E-state index in [2.05, 4.69) is 4.74 Å². The summed E-state index contributed by atoms with van der Waals surface area (Å²) in [5.41, 5.74) is 0. The van der Waals surface area contributed by atoms with Gasteiger partial charge in [-0.2, -0.15) is 8.78 Å². The molecule has 0 atom stereocenters. The van der Waals surface area contributed by atoms with Crippen molar-refractivity contribution < 1.29 is 27.0 Å². The highest BCUT2D eigenvalue weighted by atomic mass is 19.3. The second-order valence-electron chi connectivity index (χ2n) is 2.63. The first kappa shape index (κ1) is 12.6. The fourth-order valence-electron chi connectivity index (χ4n) is 0.525. The van der Waals surface area contributed by atoms with Gasteiger partial charge in [0.05, 0.1) is 19.3 Å². The lowest BCUT2D eigenvalue weighted by molar-refractivity contribution is -0.303. The van der Waals surface area contributed by atoms with Crippen LogP contribution in [0.1, 0.15) is 13.8 Å². The van der Waals surface area contributed by atoms with Crippen molar-refractivity contribution in [1.29, 1.82) is 0 Å². The summed E-state index contributed by atoms with van der Waals surface area (Å²) in [4.78, 5) is 0. The van der Waals surface area contributed by atoms with Crippen molar-refractivity contribution in [3.8, 4) is 0 Å². The van der Waals surface area contributed by atoms with E-state index >= 15 is 0 Å². The molecule has 0 radical (unpaired) electrons. The topological polar surface area (TPSA) is 18.5 Å². The van der Waals surface area contributed by atoms with Crippen LogP contribution >= 0.6 is 0 Å². The molecule has 0 bridgehead atoms. The third-order valence-electron chi connectivity index (χ3n) is 1.08. The number of hydrogen-bond acceptors (Lipinski definition) is 2. The molecule has 0 aromatic rings. The molecule has 0 aliphatic carbocycles.